The van der Waals surface area contributed by atoms with E-state index in [-0.39, 0.29) is 19.4 Å². The minimum atomic E-state index is -4.49. The monoisotopic (exact) mass is 284 g/mol. The second-order valence-electron chi connectivity index (χ2n) is 4.27. The minimum Gasteiger partial charge on any atom is -0.481 e. The maximum Gasteiger partial charge on any atom is 0.406 e. The highest BCUT2D eigenvalue weighted by Crippen LogP contribution is 2.17. The number of rotatable bonds is 8. The van der Waals surface area contributed by atoms with E-state index in [1.165, 1.54) is 0 Å². The number of alkyl halides is 3. The standard InChI is InChI=1S/C11H19F3N2O3/c1-2-3-6-16(7-11(12,13)14)10(19)8(15)4-5-9(17)18/h8H,2-7,15H2,1H3,(H,17,18). The molecule has 0 aliphatic rings. The van der Waals surface area contributed by atoms with Crippen LogP contribution in [0, 0.1) is 0 Å². The third kappa shape index (κ3) is 8.41. The molecule has 0 bridgehead atoms. The average Bonchev–Trinajstić information content (AvgIpc) is 2.29. The smallest absolute Gasteiger partial charge is 0.406 e. The van der Waals surface area contributed by atoms with Gasteiger partial charge in [0.25, 0.3) is 0 Å². The van der Waals surface area contributed by atoms with Gasteiger partial charge >= 0.3 is 12.1 Å². The number of carboxylic acid groups (broad SMARTS) is 1. The highest BCUT2D eigenvalue weighted by atomic mass is 19.4. The van der Waals surface area contributed by atoms with Crippen LogP contribution in [0.5, 0.6) is 0 Å². The van der Waals surface area contributed by atoms with Crippen molar-refractivity contribution < 1.29 is 27.9 Å². The summed E-state index contributed by atoms with van der Waals surface area (Å²) in [6.45, 7) is 0.406. The highest BCUT2D eigenvalue weighted by Gasteiger charge is 2.34. The molecular weight excluding hydrogens is 265 g/mol. The first-order valence-electron chi connectivity index (χ1n) is 6.00. The Morgan fingerprint density at radius 2 is 1.95 bits per heavy atom. The summed E-state index contributed by atoms with van der Waals surface area (Å²) in [7, 11) is 0. The lowest BCUT2D eigenvalue weighted by Crippen LogP contribution is -2.48. The molecule has 0 radical (unpaired) electrons. The summed E-state index contributed by atoms with van der Waals surface area (Å²) in [6, 6.07) is -1.21. The number of nitrogens with two attached hydrogens (primary N) is 1. The van der Waals surface area contributed by atoms with Gasteiger partial charge in [0.1, 0.15) is 6.54 Å². The summed E-state index contributed by atoms with van der Waals surface area (Å²) in [5.41, 5.74) is 5.44. The van der Waals surface area contributed by atoms with Crippen LogP contribution in [0.2, 0.25) is 0 Å². The van der Waals surface area contributed by atoms with E-state index in [4.69, 9.17) is 10.8 Å². The Kier molecular flexibility index (Phi) is 7.43. The van der Waals surface area contributed by atoms with Crippen LogP contribution in [0.1, 0.15) is 32.6 Å². The van der Waals surface area contributed by atoms with Crippen molar-refractivity contribution in [2.45, 2.75) is 44.8 Å². The third-order valence-corrected chi connectivity index (χ3v) is 2.45. The predicted molar refractivity (Wildman–Crippen MR) is 62.4 cm³/mol. The molecule has 0 aromatic carbocycles. The van der Waals surface area contributed by atoms with Crippen LogP contribution in [-0.4, -0.2) is 47.2 Å². The zero-order valence-electron chi connectivity index (χ0n) is 10.7. The Bertz CT molecular complexity index is 308. The number of hydrogen-bond acceptors (Lipinski definition) is 3. The molecule has 0 rings (SSSR count). The molecule has 1 atom stereocenters. The van der Waals surface area contributed by atoms with Gasteiger partial charge in [-0.1, -0.05) is 13.3 Å². The molecule has 0 aromatic rings. The minimum absolute atomic E-state index is 0.0321. The average molecular weight is 284 g/mol. The van der Waals surface area contributed by atoms with Gasteiger partial charge in [-0.25, -0.2) is 0 Å². The molecule has 112 valence electrons. The van der Waals surface area contributed by atoms with Crippen molar-refractivity contribution in [1.29, 1.82) is 0 Å². The summed E-state index contributed by atoms with van der Waals surface area (Å²) in [6.07, 6.45) is -3.93. The van der Waals surface area contributed by atoms with E-state index < -0.39 is 30.6 Å². The van der Waals surface area contributed by atoms with Crippen molar-refractivity contribution in [1.82, 2.24) is 4.90 Å². The van der Waals surface area contributed by atoms with Crippen LogP contribution in [-0.2, 0) is 9.59 Å². The number of hydrogen-bond donors (Lipinski definition) is 2. The van der Waals surface area contributed by atoms with Crippen LogP contribution < -0.4 is 5.73 Å². The number of amides is 1. The molecule has 19 heavy (non-hydrogen) atoms. The fourth-order valence-corrected chi connectivity index (χ4v) is 1.47. The van der Waals surface area contributed by atoms with Gasteiger partial charge in [0.2, 0.25) is 5.91 Å². The quantitative estimate of drug-likeness (QED) is 0.705. The molecule has 0 heterocycles. The van der Waals surface area contributed by atoms with Gasteiger partial charge in [-0.2, -0.15) is 13.2 Å². The zero-order chi connectivity index (χ0) is 15.1. The fraction of sp³-hybridized carbons (Fsp3) is 0.818. The first-order chi connectivity index (χ1) is 8.67. The number of carboxylic acids is 1. The second kappa shape index (κ2) is 7.98. The van der Waals surface area contributed by atoms with Crippen LogP contribution in [0.25, 0.3) is 0 Å². The van der Waals surface area contributed by atoms with Crippen molar-refractivity contribution >= 4 is 11.9 Å². The number of carbonyl (C=O) groups excluding carboxylic acids is 1. The molecular formula is C11H19F3N2O3. The Morgan fingerprint density at radius 1 is 1.37 bits per heavy atom. The van der Waals surface area contributed by atoms with Crippen LogP contribution in [0.15, 0.2) is 0 Å². The molecule has 5 nitrogen and oxygen atoms in total. The summed E-state index contributed by atoms with van der Waals surface area (Å²) in [4.78, 5) is 22.7. The van der Waals surface area contributed by atoms with Crippen LogP contribution in [0.3, 0.4) is 0 Å². The van der Waals surface area contributed by atoms with E-state index in [1.54, 1.807) is 6.92 Å². The molecule has 0 saturated heterocycles. The van der Waals surface area contributed by atoms with E-state index in [1.807, 2.05) is 0 Å². The molecule has 0 aromatic heterocycles. The van der Waals surface area contributed by atoms with Gasteiger partial charge in [-0.3, -0.25) is 9.59 Å². The van der Waals surface area contributed by atoms with E-state index in [2.05, 4.69) is 0 Å². The fourth-order valence-electron chi connectivity index (χ4n) is 1.47. The lowest BCUT2D eigenvalue weighted by atomic mass is 10.1. The molecule has 0 aliphatic heterocycles. The topological polar surface area (TPSA) is 83.6 Å². The molecule has 0 fully saturated rings. The Hall–Kier alpha value is -1.31. The summed E-state index contributed by atoms with van der Waals surface area (Å²) in [5.74, 6) is -1.99. The first kappa shape index (κ1) is 17.7. The predicted octanol–water partition coefficient (Wildman–Crippen LogP) is 1.37. The molecule has 0 saturated carbocycles. The molecule has 1 unspecified atom stereocenters. The van der Waals surface area contributed by atoms with Gasteiger partial charge in [-0.15, -0.1) is 0 Å². The Labute approximate surface area is 109 Å². The number of nitrogens with zero attached hydrogens (tertiary/aromatic N) is 1. The second-order valence-corrected chi connectivity index (χ2v) is 4.27. The molecule has 0 spiro atoms. The van der Waals surface area contributed by atoms with Crippen molar-refractivity contribution in [2.24, 2.45) is 5.73 Å². The van der Waals surface area contributed by atoms with Crippen molar-refractivity contribution in [3.8, 4) is 0 Å². The highest BCUT2D eigenvalue weighted by molar-refractivity contribution is 5.82. The van der Waals surface area contributed by atoms with E-state index in [0.717, 1.165) is 0 Å². The van der Waals surface area contributed by atoms with E-state index in [0.29, 0.717) is 17.7 Å². The molecule has 0 aliphatic carbocycles. The normalized spacial score (nSPS) is 13.1. The maximum atomic E-state index is 12.3. The lowest BCUT2D eigenvalue weighted by molar-refractivity contribution is -0.162. The molecule has 3 N–H and O–H groups in total. The Balaban J connectivity index is 4.55. The Morgan fingerprint density at radius 3 is 2.37 bits per heavy atom. The van der Waals surface area contributed by atoms with Crippen molar-refractivity contribution in [2.75, 3.05) is 13.1 Å². The van der Waals surface area contributed by atoms with Gasteiger partial charge in [-0.05, 0) is 12.8 Å². The first-order valence-corrected chi connectivity index (χ1v) is 6.00. The van der Waals surface area contributed by atoms with E-state index >= 15 is 0 Å². The maximum absolute atomic E-state index is 12.3. The zero-order valence-corrected chi connectivity index (χ0v) is 10.7. The molecule has 8 heteroatoms. The van der Waals surface area contributed by atoms with Crippen LogP contribution >= 0.6 is 0 Å². The van der Waals surface area contributed by atoms with Gasteiger partial charge < -0.3 is 15.7 Å². The SMILES string of the molecule is CCCCN(CC(F)(F)F)C(=O)C(N)CCC(=O)O. The number of carbonyl (C=O) groups is 2. The van der Waals surface area contributed by atoms with Gasteiger partial charge in [0.15, 0.2) is 0 Å². The van der Waals surface area contributed by atoms with Gasteiger partial charge in [0.05, 0.1) is 6.04 Å². The lowest BCUT2D eigenvalue weighted by Gasteiger charge is -2.26. The molecule has 1 amide bonds. The van der Waals surface area contributed by atoms with Crippen molar-refractivity contribution in [3.63, 3.8) is 0 Å². The van der Waals surface area contributed by atoms with Gasteiger partial charge in [0, 0.05) is 13.0 Å². The van der Waals surface area contributed by atoms with E-state index in [9.17, 15) is 22.8 Å². The summed E-state index contributed by atoms with van der Waals surface area (Å²) < 4.78 is 37.0. The van der Waals surface area contributed by atoms with Crippen LogP contribution in [0.4, 0.5) is 13.2 Å². The number of halogens is 3. The number of unbranched alkanes of at least 4 members (excludes halogenated alkanes) is 1. The number of aliphatic carboxylic acids is 1. The summed E-state index contributed by atoms with van der Waals surface area (Å²) in [5, 5.41) is 8.45. The third-order valence-electron chi connectivity index (χ3n) is 2.45. The summed E-state index contributed by atoms with van der Waals surface area (Å²) >= 11 is 0. The van der Waals surface area contributed by atoms with Crippen molar-refractivity contribution in [3.05, 3.63) is 0 Å². The largest absolute Gasteiger partial charge is 0.481 e.